The van der Waals surface area contributed by atoms with Gasteiger partial charge in [0.15, 0.2) is 0 Å². The maximum atomic E-state index is 10.6. The third kappa shape index (κ3) is 7.96. The molecule has 0 heterocycles. The predicted molar refractivity (Wildman–Crippen MR) is 57.0 cm³/mol. The van der Waals surface area contributed by atoms with Crippen LogP contribution in [0.3, 0.4) is 0 Å². The number of hydrogen-bond acceptors (Lipinski definition) is 4. The Labute approximate surface area is 94.8 Å². The van der Waals surface area contributed by atoms with E-state index in [1.807, 2.05) is 0 Å². The minimum atomic E-state index is -1.50. The van der Waals surface area contributed by atoms with E-state index < -0.39 is 11.9 Å². The van der Waals surface area contributed by atoms with E-state index in [2.05, 4.69) is 0 Å². The number of carboxylic acid groups (broad SMARTS) is 1. The Bertz CT molecular complexity index is 249. The minimum Gasteiger partial charge on any atom is -0.473 e. The number of rotatable bonds is 1. The summed E-state index contributed by atoms with van der Waals surface area (Å²) >= 11 is 0. The number of ether oxygens (including phenoxy) is 1. The molecule has 0 aromatic rings. The third-order valence-corrected chi connectivity index (χ3v) is 2.00. The number of Topliss-reactive ketones (excluding diaryl/α,β-unsaturated/α-hetero) is 1. The Morgan fingerprint density at radius 2 is 1.50 bits per heavy atom. The number of hydrogen-bond donors (Lipinski definition) is 1. The first kappa shape index (κ1) is 14.6. The van der Waals surface area contributed by atoms with Crippen LogP contribution < -0.4 is 0 Å². The molecule has 0 radical (unpaired) electrons. The maximum Gasteiger partial charge on any atom is 0.417 e. The monoisotopic (exact) mass is 230 g/mol. The van der Waals surface area contributed by atoms with Gasteiger partial charge in [0.2, 0.25) is 0 Å². The third-order valence-electron chi connectivity index (χ3n) is 2.00. The molecular formula is C11H18O5. The van der Waals surface area contributed by atoms with Crippen LogP contribution in [-0.4, -0.2) is 28.9 Å². The van der Waals surface area contributed by atoms with Crippen molar-refractivity contribution in [2.45, 2.75) is 52.1 Å². The number of carbonyl (C=O) groups is 3. The van der Waals surface area contributed by atoms with Crippen LogP contribution in [0.5, 0.6) is 0 Å². The summed E-state index contributed by atoms with van der Waals surface area (Å²) in [5, 5.41) is 8.24. The molecule has 0 bridgehead atoms. The lowest BCUT2D eigenvalue weighted by molar-refractivity contribution is -0.168. The summed E-state index contributed by atoms with van der Waals surface area (Å²) in [7, 11) is 0. The fourth-order valence-corrected chi connectivity index (χ4v) is 1.38. The topological polar surface area (TPSA) is 80.7 Å². The van der Waals surface area contributed by atoms with Crippen LogP contribution in [0.15, 0.2) is 0 Å². The highest BCUT2D eigenvalue weighted by molar-refractivity contribution is 6.28. The van der Waals surface area contributed by atoms with Crippen LogP contribution in [0.1, 0.15) is 46.0 Å². The van der Waals surface area contributed by atoms with E-state index in [1.54, 1.807) is 0 Å². The van der Waals surface area contributed by atoms with Crippen molar-refractivity contribution in [2.24, 2.45) is 0 Å². The molecule has 0 aliphatic heterocycles. The molecular weight excluding hydrogens is 212 g/mol. The Hall–Kier alpha value is -1.39. The molecule has 0 unspecified atom stereocenters. The Balaban J connectivity index is 0.000000487. The highest BCUT2D eigenvalue weighted by Gasteiger charge is 2.21. The van der Waals surface area contributed by atoms with Gasteiger partial charge in [-0.2, -0.15) is 0 Å². The van der Waals surface area contributed by atoms with E-state index in [9.17, 15) is 14.4 Å². The summed E-state index contributed by atoms with van der Waals surface area (Å²) in [6.07, 6.45) is 4.65. The second-order valence-corrected chi connectivity index (χ2v) is 3.88. The summed E-state index contributed by atoms with van der Waals surface area (Å²) in [5.41, 5.74) is 0. The fraction of sp³-hybridized carbons (Fsp3) is 0.727. The zero-order valence-corrected chi connectivity index (χ0v) is 9.69. The summed E-state index contributed by atoms with van der Waals surface area (Å²) in [6, 6.07) is 0. The number of carbonyl (C=O) groups excluding carboxylic acids is 2. The van der Waals surface area contributed by atoms with Crippen LogP contribution in [0.4, 0.5) is 0 Å². The van der Waals surface area contributed by atoms with Gasteiger partial charge in [0.25, 0.3) is 0 Å². The van der Waals surface area contributed by atoms with Crippen LogP contribution in [-0.2, 0) is 19.1 Å². The maximum absolute atomic E-state index is 10.6. The summed E-state index contributed by atoms with van der Waals surface area (Å²) in [6.45, 7) is 3.06. The molecule has 0 atom stereocenters. The zero-order chi connectivity index (χ0) is 12.6. The van der Waals surface area contributed by atoms with Gasteiger partial charge in [0.1, 0.15) is 11.9 Å². The van der Waals surface area contributed by atoms with Crippen LogP contribution in [0.2, 0.25) is 0 Å². The second kappa shape index (κ2) is 7.84. The Morgan fingerprint density at radius 3 is 1.88 bits per heavy atom. The average Bonchev–Trinajstić information content (AvgIpc) is 2.18. The zero-order valence-electron chi connectivity index (χ0n) is 9.69. The largest absolute Gasteiger partial charge is 0.473 e. The van der Waals surface area contributed by atoms with Crippen molar-refractivity contribution in [2.75, 3.05) is 0 Å². The molecule has 1 N–H and O–H groups in total. The van der Waals surface area contributed by atoms with Gasteiger partial charge in [0, 0.05) is 0 Å². The van der Waals surface area contributed by atoms with Gasteiger partial charge in [-0.1, -0.05) is 6.42 Å². The first-order chi connectivity index (χ1) is 7.43. The summed E-state index contributed by atoms with van der Waals surface area (Å²) < 4.78 is 4.71. The lowest BCUT2D eigenvalue weighted by atomic mass is 9.98. The smallest absolute Gasteiger partial charge is 0.417 e. The van der Waals surface area contributed by atoms with E-state index >= 15 is 0 Å². The van der Waals surface area contributed by atoms with Gasteiger partial charge in [-0.05, 0) is 39.5 Å². The van der Waals surface area contributed by atoms with Gasteiger partial charge in [-0.3, -0.25) is 0 Å². The minimum absolute atomic E-state index is 0.164. The van der Waals surface area contributed by atoms with E-state index in [0.29, 0.717) is 0 Å². The van der Waals surface area contributed by atoms with Gasteiger partial charge in [-0.15, -0.1) is 0 Å². The molecule has 1 aliphatic rings. The van der Waals surface area contributed by atoms with Gasteiger partial charge < -0.3 is 14.6 Å². The number of carboxylic acids is 1. The molecule has 1 aliphatic carbocycles. The molecule has 0 amide bonds. The molecule has 16 heavy (non-hydrogen) atoms. The van der Waals surface area contributed by atoms with Crippen molar-refractivity contribution in [1.29, 1.82) is 0 Å². The first-order valence-corrected chi connectivity index (χ1v) is 5.34. The Kier molecular flexibility index (Phi) is 7.16. The molecule has 0 aromatic carbocycles. The van der Waals surface area contributed by atoms with E-state index in [1.165, 1.54) is 13.8 Å². The van der Waals surface area contributed by atoms with E-state index in [4.69, 9.17) is 9.84 Å². The van der Waals surface area contributed by atoms with Crippen molar-refractivity contribution in [3.8, 4) is 0 Å². The summed E-state index contributed by atoms with van der Waals surface area (Å²) in [5.74, 6) is -2.46. The van der Waals surface area contributed by atoms with Crippen molar-refractivity contribution in [3.05, 3.63) is 0 Å². The normalized spacial score (nSPS) is 15.6. The van der Waals surface area contributed by atoms with Crippen molar-refractivity contribution in [1.82, 2.24) is 0 Å². The first-order valence-electron chi connectivity index (χ1n) is 5.34. The van der Waals surface area contributed by atoms with Crippen LogP contribution in [0, 0.1) is 0 Å². The van der Waals surface area contributed by atoms with Gasteiger partial charge in [0.05, 0.1) is 0 Å². The standard InChI is InChI=1S/C8H12O4.C3H6O/c9-7(10)8(11)12-6-4-2-1-3-5-6;1-3(2)4/h6H,1-5H2,(H,9,10);1-2H3. The summed E-state index contributed by atoms with van der Waals surface area (Å²) in [4.78, 5) is 30.1. The van der Waals surface area contributed by atoms with Crippen LogP contribution >= 0.6 is 0 Å². The quantitative estimate of drug-likeness (QED) is 0.546. The van der Waals surface area contributed by atoms with Gasteiger partial charge in [-0.25, -0.2) is 9.59 Å². The van der Waals surface area contributed by atoms with Gasteiger partial charge >= 0.3 is 11.9 Å². The van der Waals surface area contributed by atoms with Crippen molar-refractivity contribution >= 4 is 17.7 Å². The molecule has 1 rings (SSSR count). The SMILES string of the molecule is CC(C)=O.O=C(O)C(=O)OC1CCCCC1. The number of esters is 1. The molecule has 1 fully saturated rings. The fourth-order valence-electron chi connectivity index (χ4n) is 1.38. The average molecular weight is 230 g/mol. The van der Waals surface area contributed by atoms with Crippen LogP contribution in [0.25, 0.3) is 0 Å². The van der Waals surface area contributed by atoms with E-state index in [0.717, 1.165) is 32.1 Å². The highest BCUT2D eigenvalue weighted by atomic mass is 16.6. The number of aliphatic carboxylic acids is 1. The van der Waals surface area contributed by atoms with E-state index in [-0.39, 0.29) is 11.9 Å². The lowest BCUT2D eigenvalue weighted by Crippen LogP contribution is -2.25. The van der Waals surface area contributed by atoms with Crippen molar-refractivity contribution < 1.29 is 24.2 Å². The molecule has 1 saturated carbocycles. The molecule has 92 valence electrons. The molecule has 0 saturated heterocycles. The number of ketones is 1. The molecule has 5 nitrogen and oxygen atoms in total. The molecule has 5 heteroatoms. The molecule has 0 spiro atoms. The second-order valence-electron chi connectivity index (χ2n) is 3.88. The molecule has 0 aromatic heterocycles. The predicted octanol–water partition coefficient (Wildman–Crippen LogP) is 1.54. The van der Waals surface area contributed by atoms with Crippen molar-refractivity contribution in [3.63, 3.8) is 0 Å². The highest BCUT2D eigenvalue weighted by Crippen LogP contribution is 2.20. The Morgan fingerprint density at radius 1 is 1.06 bits per heavy atom. The lowest BCUT2D eigenvalue weighted by Gasteiger charge is -2.20.